The molecule has 0 saturated carbocycles. The van der Waals surface area contributed by atoms with Crippen LogP contribution in [0.4, 0.5) is 5.82 Å². The molecule has 1 N–H and O–H groups in total. The van der Waals surface area contributed by atoms with Gasteiger partial charge in [0.15, 0.2) is 0 Å². The van der Waals surface area contributed by atoms with Gasteiger partial charge in [-0.15, -0.1) is 0 Å². The van der Waals surface area contributed by atoms with E-state index in [9.17, 15) is 0 Å². The molecule has 1 saturated heterocycles. The maximum atomic E-state index is 5.48. The highest BCUT2D eigenvalue weighted by molar-refractivity contribution is 6.02. The number of aromatic nitrogens is 4. The van der Waals surface area contributed by atoms with Crippen LogP contribution in [0.25, 0.3) is 22.2 Å². The van der Waals surface area contributed by atoms with Crippen molar-refractivity contribution in [1.29, 1.82) is 0 Å². The first kappa shape index (κ1) is 14.0. The van der Waals surface area contributed by atoms with Gasteiger partial charge in [-0.3, -0.25) is 4.98 Å². The Labute approximate surface area is 133 Å². The second kappa shape index (κ2) is 5.85. The Morgan fingerprint density at radius 1 is 1.22 bits per heavy atom. The molecule has 118 valence electrons. The molecule has 0 radical (unpaired) electrons. The minimum atomic E-state index is 0.710. The number of aromatic amines is 1. The highest BCUT2D eigenvalue weighted by Gasteiger charge is 2.21. The quantitative estimate of drug-likeness (QED) is 0.796. The van der Waals surface area contributed by atoms with Crippen molar-refractivity contribution in [2.24, 2.45) is 0 Å². The molecule has 0 aliphatic carbocycles. The van der Waals surface area contributed by atoms with Crippen molar-refractivity contribution in [3.63, 3.8) is 0 Å². The Morgan fingerprint density at radius 2 is 2.09 bits per heavy atom. The molecule has 7 nitrogen and oxygen atoms in total. The van der Waals surface area contributed by atoms with E-state index in [1.807, 2.05) is 12.3 Å². The van der Waals surface area contributed by atoms with Gasteiger partial charge < -0.3 is 19.4 Å². The summed E-state index contributed by atoms with van der Waals surface area (Å²) >= 11 is 0. The molecule has 0 spiro atoms. The van der Waals surface area contributed by atoms with Crippen LogP contribution in [0.1, 0.15) is 0 Å². The van der Waals surface area contributed by atoms with Crippen molar-refractivity contribution in [1.82, 2.24) is 19.9 Å². The van der Waals surface area contributed by atoms with Gasteiger partial charge >= 0.3 is 0 Å². The minimum absolute atomic E-state index is 0.710. The Kier molecular flexibility index (Phi) is 3.55. The van der Waals surface area contributed by atoms with E-state index in [-0.39, 0.29) is 0 Å². The maximum absolute atomic E-state index is 5.48. The number of H-pyrrole nitrogens is 1. The lowest BCUT2D eigenvalue weighted by Crippen LogP contribution is -2.36. The second-order valence-corrected chi connectivity index (χ2v) is 5.30. The van der Waals surface area contributed by atoms with E-state index in [1.165, 1.54) is 0 Å². The minimum Gasteiger partial charge on any atom is -0.496 e. The van der Waals surface area contributed by atoms with Gasteiger partial charge in [-0.2, -0.15) is 0 Å². The van der Waals surface area contributed by atoms with Crippen molar-refractivity contribution in [3.8, 4) is 16.9 Å². The van der Waals surface area contributed by atoms with Crippen molar-refractivity contribution in [2.75, 3.05) is 38.3 Å². The third-order valence-electron chi connectivity index (χ3n) is 4.05. The van der Waals surface area contributed by atoms with Crippen LogP contribution in [0.15, 0.2) is 31.0 Å². The first-order chi connectivity index (χ1) is 11.4. The van der Waals surface area contributed by atoms with Gasteiger partial charge in [-0.25, -0.2) is 9.97 Å². The molecule has 0 unspecified atom stereocenters. The van der Waals surface area contributed by atoms with E-state index < -0.39 is 0 Å². The molecule has 7 heteroatoms. The zero-order valence-corrected chi connectivity index (χ0v) is 12.8. The molecular formula is C16H17N5O2. The number of fused-ring (bicyclic) bond motifs is 1. The summed E-state index contributed by atoms with van der Waals surface area (Å²) in [5, 5.41) is 0.987. The lowest BCUT2D eigenvalue weighted by Gasteiger charge is -2.28. The molecule has 3 aromatic heterocycles. The summed E-state index contributed by atoms with van der Waals surface area (Å²) in [6.45, 7) is 3.06. The topological polar surface area (TPSA) is 76.2 Å². The van der Waals surface area contributed by atoms with E-state index in [2.05, 4.69) is 24.8 Å². The van der Waals surface area contributed by atoms with E-state index in [1.54, 1.807) is 25.8 Å². The van der Waals surface area contributed by atoms with Gasteiger partial charge in [-0.1, -0.05) is 0 Å². The van der Waals surface area contributed by atoms with E-state index in [4.69, 9.17) is 9.47 Å². The molecule has 1 fully saturated rings. The highest BCUT2D eigenvalue weighted by atomic mass is 16.5. The first-order valence-corrected chi connectivity index (χ1v) is 7.51. The molecule has 4 heterocycles. The maximum Gasteiger partial charge on any atom is 0.143 e. The van der Waals surface area contributed by atoms with Crippen molar-refractivity contribution < 1.29 is 9.47 Å². The molecular weight excluding hydrogens is 294 g/mol. The van der Waals surface area contributed by atoms with Crippen LogP contribution in [0.3, 0.4) is 0 Å². The van der Waals surface area contributed by atoms with E-state index in [0.29, 0.717) is 13.2 Å². The molecule has 3 aromatic rings. The van der Waals surface area contributed by atoms with Gasteiger partial charge in [0.05, 0.1) is 25.7 Å². The Hall–Kier alpha value is -2.67. The summed E-state index contributed by atoms with van der Waals surface area (Å²) in [4.78, 5) is 18.6. The SMILES string of the molecule is COc1ccncc1-c1c[nH]c2ncnc(N3CCOCC3)c12. The van der Waals surface area contributed by atoms with Gasteiger partial charge in [0.1, 0.15) is 23.5 Å². The lowest BCUT2D eigenvalue weighted by molar-refractivity contribution is 0.122. The molecule has 1 aliphatic heterocycles. The van der Waals surface area contributed by atoms with Crippen LogP contribution in [-0.4, -0.2) is 53.3 Å². The summed E-state index contributed by atoms with van der Waals surface area (Å²) in [5.41, 5.74) is 2.72. The second-order valence-electron chi connectivity index (χ2n) is 5.30. The lowest BCUT2D eigenvalue weighted by atomic mass is 10.1. The Morgan fingerprint density at radius 3 is 2.91 bits per heavy atom. The van der Waals surface area contributed by atoms with Crippen LogP contribution in [0.5, 0.6) is 5.75 Å². The third kappa shape index (κ3) is 2.39. The standard InChI is InChI=1S/C16H17N5O2/c1-22-13-2-3-17-8-11(13)12-9-18-15-14(12)16(20-10-19-15)21-4-6-23-7-5-21/h2-3,8-10H,4-7H2,1H3,(H,18,19,20). The largest absolute Gasteiger partial charge is 0.496 e. The number of nitrogens with one attached hydrogen (secondary N) is 1. The fourth-order valence-electron chi connectivity index (χ4n) is 2.94. The number of morpholine rings is 1. The zero-order valence-electron chi connectivity index (χ0n) is 12.8. The molecule has 0 aromatic carbocycles. The first-order valence-electron chi connectivity index (χ1n) is 7.51. The van der Waals surface area contributed by atoms with Gasteiger partial charge in [0, 0.05) is 42.8 Å². The Balaban J connectivity index is 1.91. The molecule has 0 bridgehead atoms. The number of ether oxygens (including phenoxy) is 2. The van der Waals surface area contributed by atoms with Crippen LogP contribution < -0.4 is 9.64 Å². The molecule has 0 amide bonds. The summed E-state index contributed by atoms with van der Waals surface area (Å²) in [6, 6.07) is 1.85. The molecule has 23 heavy (non-hydrogen) atoms. The summed E-state index contributed by atoms with van der Waals surface area (Å²) in [7, 11) is 1.66. The zero-order chi connectivity index (χ0) is 15.6. The van der Waals surface area contributed by atoms with E-state index >= 15 is 0 Å². The number of hydrogen-bond acceptors (Lipinski definition) is 6. The molecule has 1 aliphatic rings. The normalized spacial score (nSPS) is 15.1. The summed E-state index contributed by atoms with van der Waals surface area (Å²) < 4.78 is 10.9. The van der Waals surface area contributed by atoms with Gasteiger partial charge in [0.2, 0.25) is 0 Å². The number of nitrogens with zero attached hydrogens (tertiary/aromatic N) is 4. The number of methoxy groups -OCH3 is 1. The summed E-state index contributed by atoms with van der Waals surface area (Å²) in [5.74, 6) is 1.69. The average Bonchev–Trinajstić information content (AvgIpc) is 3.06. The van der Waals surface area contributed by atoms with Crippen LogP contribution in [-0.2, 0) is 4.74 Å². The number of pyridine rings is 1. The number of hydrogen-bond donors (Lipinski definition) is 1. The highest BCUT2D eigenvalue weighted by Crippen LogP contribution is 2.37. The average molecular weight is 311 g/mol. The predicted molar refractivity (Wildman–Crippen MR) is 86.7 cm³/mol. The monoisotopic (exact) mass is 311 g/mol. The smallest absolute Gasteiger partial charge is 0.143 e. The van der Waals surface area contributed by atoms with Gasteiger partial charge in [-0.05, 0) is 6.07 Å². The van der Waals surface area contributed by atoms with Crippen LogP contribution in [0.2, 0.25) is 0 Å². The van der Waals surface area contributed by atoms with Gasteiger partial charge in [0.25, 0.3) is 0 Å². The summed E-state index contributed by atoms with van der Waals surface area (Å²) in [6.07, 6.45) is 7.05. The van der Waals surface area contributed by atoms with E-state index in [0.717, 1.165) is 46.8 Å². The van der Waals surface area contributed by atoms with Crippen molar-refractivity contribution >= 4 is 16.9 Å². The van der Waals surface area contributed by atoms with Crippen molar-refractivity contribution in [3.05, 3.63) is 31.0 Å². The number of rotatable bonds is 3. The fraction of sp³-hybridized carbons (Fsp3) is 0.312. The van der Waals surface area contributed by atoms with Crippen molar-refractivity contribution in [2.45, 2.75) is 0 Å². The molecule has 4 rings (SSSR count). The Bertz CT molecular complexity index is 826. The van der Waals surface area contributed by atoms with Crippen LogP contribution >= 0.6 is 0 Å². The third-order valence-corrected chi connectivity index (χ3v) is 4.05. The fourth-order valence-corrected chi connectivity index (χ4v) is 2.94. The molecule has 0 atom stereocenters. The predicted octanol–water partition coefficient (Wildman–Crippen LogP) is 1.87. The number of anilines is 1. The van der Waals surface area contributed by atoms with Crippen LogP contribution in [0, 0.1) is 0 Å².